The van der Waals surface area contributed by atoms with Gasteiger partial charge in [0, 0.05) is 6.42 Å². The van der Waals surface area contributed by atoms with Crippen molar-refractivity contribution in [2.45, 2.75) is 24.4 Å². The lowest BCUT2D eigenvalue weighted by Gasteiger charge is -2.24. The molecule has 0 bridgehead atoms. The molecular weight excluding hydrogens is 216 g/mol. The first kappa shape index (κ1) is 11.9. The molecule has 0 aromatic carbocycles. The normalized spacial score (nSPS) is 26.6. The number of furan rings is 1. The maximum absolute atomic E-state index is 5.91. The third-order valence-corrected chi connectivity index (χ3v) is 2.75. The lowest BCUT2D eigenvalue weighted by Crippen LogP contribution is -2.26. The Morgan fingerprint density at radius 3 is 2.24 bits per heavy atom. The van der Waals surface area contributed by atoms with Crippen LogP contribution in [-0.4, -0.2) is 12.2 Å². The first-order valence-electron chi connectivity index (χ1n) is 5.51. The second-order valence-corrected chi connectivity index (χ2v) is 3.86. The molecular formula is C14H16O3. The average molecular weight is 232 g/mol. The maximum Gasteiger partial charge on any atom is 0.233 e. The zero-order valence-electron chi connectivity index (χ0n) is 9.67. The third-order valence-electron chi connectivity index (χ3n) is 2.75. The van der Waals surface area contributed by atoms with Gasteiger partial charge in [0.05, 0.1) is 6.26 Å². The topological polar surface area (TPSA) is 31.6 Å². The SMILES string of the molecule is C=CCC1(c2ccco2)O[C@H](C=C)[C@@H](C=C)O1. The molecule has 1 saturated heterocycles. The molecule has 1 aromatic rings. The van der Waals surface area contributed by atoms with E-state index in [1.165, 1.54) is 0 Å². The minimum atomic E-state index is -0.914. The predicted molar refractivity (Wildman–Crippen MR) is 65.3 cm³/mol. The van der Waals surface area contributed by atoms with Crippen LogP contribution in [0.3, 0.4) is 0 Å². The van der Waals surface area contributed by atoms with Crippen LogP contribution in [0.1, 0.15) is 12.2 Å². The summed E-state index contributed by atoms with van der Waals surface area (Å²) in [6.07, 6.45) is 6.82. The van der Waals surface area contributed by atoms with Crippen molar-refractivity contribution in [3.05, 3.63) is 62.1 Å². The van der Waals surface area contributed by atoms with Gasteiger partial charge in [-0.1, -0.05) is 18.2 Å². The molecule has 2 heterocycles. The summed E-state index contributed by atoms with van der Waals surface area (Å²) in [5.41, 5.74) is 0. The zero-order valence-corrected chi connectivity index (χ0v) is 9.67. The number of rotatable bonds is 5. The summed E-state index contributed by atoms with van der Waals surface area (Å²) in [5, 5.41) is 0. The summed E-state index contributed by atoms with van der Waals surface area (Å²) in [5.74, 6) is -0.281. The van der Waals surface area contributed by atoms with Crippen LogP contribution >= 0.6 is 0 Å². The van der Waals surface area contributed by atoms with Gasteiger partial charge < -0.3 is 13.9 Å². The van der Waals surface area contributed by atoms with Gasteiger partial charge in [0.2, 0.25) is 5.79 Å². The summed E-state index contributed by atoms with van der Waals surface area (Å²) in [6, 6.07) is 3.63. The van der Waals surface area contributed by atoms with Gasteiger partial charge in [-0.15, -0.1) is 19.7 Å². The molecule has 1 fully saturated rings. The van der Waals surface area contributed by atoms with Crippen molar-refractivity contribution in [2.75, 3.05) is 0 Å². The van der Waals surface area contributed by atoms with Gasteiger partial charge in [0.1, 0.15) is 12.2 Å². The van der Waals surface area contributed by atoms with Gasteiger partial charge in [-0.2, -0.15) is 0 Å². The number of hydrogen-bond donors (Lipinski definition) is 0. The molecule has 0 radical (unpaired) electrons. The molecule has 0 aliphatic carbocycles. The summed E-state index contributed by atoms with van der Waals surface area (Å²) in [4.78, 5) is 0. The van der Waals surface area contributed by atoms with E-state index in [4.69, 9.17) is 13.9 Å². The molecule has 0 amide bonds. The highest BCUT2D eigenvalue weighted by atomic mass is 16.8. The van der Waals surface area contributed by atoms with Gasteiger partial charge in [-0.05, 0) is 12.1 Å². The van der Waals surface area contributed by atoms with Gasteiger partial charge in [-0.25, -0.2) is 0 Å². The highest BCUT2D eigenvalue weighted by molar-refractivity contribution is 5.13. The first-order chi connectivity index (χ1) is 8.25. The summed E-state index contributed by atoms with van der Waals surface area (Å²) < 4.78 is 17.2. The zero-order chi connectivity index (χ0) is 12.3. The van der Waals surface area contributed by atoms with E-state index in [0.29, 0.717) is 12.2 Å². The molecule has 3 heteroatoms. The molecule has 0 spiro atoms. The Hall–Kier alpha value is -1.58. The van der Waals surface area contributed by atoms with Crippen LogP contribution in [0.5, 0.6) is 0 Å². The fraction of sp³-hybridized carbons (Fsp3) is 0.286. The molecule has 0 saturated carbocycles. The van der Waals surface area contributed by atoms with Crippen LogP contribution in [0, 0.1) is 0 Å². The fourth-order valence-corrected chi connectivity index (χ4v) is 1.96. The highest BCUT2D eigenvalue weighted by Gasteiger charge is 2.48. The highest BCUT2D eigenvalue weighted by Crippen LogP contribution is 2.41. The van der Waals surface area contributed by atoms with Gasteiger partial charge in [-0.3, -0.25) is 0 Å². The minimum absolute atomic E-state index is 0.224. The molecule has 90 valence electrons. The summed E-state index contributed by atoms with van der Waals surface area (Å²) >= 11 is 0. The predicted octanol–water partition coefficient (Wildman–Crippen LogP) is 3.16. The van der Waals surface area contributed by atoms with Crippen molar-refractivity contribution in [3.8, 4) is 0 Å². The van der Waals surface area contributed by atoms with Gasteiger partial charge >= 0.3 is 0 Å². The summed E-state index contributed by atoms with van der Waals surface area (Å²) in [7, 11) is 0. The van der Waals surface area contributed by atoms with E-state index in [-0.39, 0.29) is 12.2 Å². The largest absolute Gasteiger partial charge is 0.464 e. The Bertz CT molecular complexity index is 389. The smallest absolute Gasteiger partial charge is 0.233 e. The third kappa shape index (κ3) is 1.99. The van der Waals surface area contributed by atoms with Crippen LogP contribution in [0.4, 0.5) is 0 Å². The molecule has 1 aromatic heterocycles. The molecule has 1 aliphatic heterocycles. The van der Waals surface area contributed by atoms with Gasteiger partial charge in [0.25, 0.3) is 0 Å². The second-order valence-electron chi connectivity index (χ2n) is 3.86. The number of ether oxygens (including phenoxy) is 2. The number of hydrogen-bond acceptors (Lipinski definition) is 3. The lowest BCUT2D eigenvalue weighted by atomic mass is 10.1. The Morgan fingerprint density at radius 2 is 1.82 bits per heavy atom. The Morgan fingerprint density at radius 1 is 1.18 bits per heavy atom. The minimum Gasteiger partial charge on any atom is -0.464 e. The van der Waals surface area contributed by atoms with Crippen molar-refractivity contribution in [1.29, 1.82) is 0 Å². The van der Waals surface area contributed by atoms with E-state index >= 15 is 0 Å². The van der Waals surface area contributed by atoms with Crippen molar-refractivity contribution >= 4 is 0 Å². The van der Waals surface area contributed by atoms with Crippen molar-refractivity contribution in [1.82, 2.24) is 0 Å². The van der Waals surface area contributed by atoms with E-state index in [1.807, 2.05) is 6.07 Å². The maximum atomic E-state index is 5.91. The molecule has 0 unspecified atom stereocenters. The molecule has 2 rings (SSSR count). The van der Waals surface area contributed by atoms with Crippen molar-refractivity contribution in [3.63, 3.8) is 0 Å². The molecule has 3 nitrogen and oxygen atoms in total. The Labute approximate surface area is 101 Å². The average Bonchev–Trinajstić information content (AvgIpc) is 2.96. The standard InChI is InChI=1S/C14H16O3/c1-4-9-14(13-8-7-10-15-13)16-11(5-2)12(6-3)17-14/h4-8,10-12H,1-3,9H2/t11-,12-/m1/s1. The monoisotopic (exact) mass is 232 g/mol. The molecule has 1 aliphatic rings. The molecule has 0 N–H and O–H groups in total. The van der Waals surface area contributed by atoms with Crippen LogP contribution in [0.25, 0.3) is 0 Å². The van der Waals surface area contributed by atoms with Crippen LogP contribution < -0.4 is 0 Å². The van der Waals surface area contributed by atoms with E-state index in [9.17, 15) is 0 Å². The molecule has 2 atom stereocenters. The first-order valence-corrected chi connectivity index (χ1v) is 5.51. The van der Waals surface area contributed by atoms with Crippen LogP contribution in [-0.2, 0) is 15.3 Å². The lowest BCUT2D eigenvalue weighted by molar-refractivity contribution is -0.187. The van der Waals surface area contributed by atoms with Crippen molar-refractivity contribution in [2.24, 2.45) is 0 Å². The van der Waals surface area contributed by atoms with E-state index < -0.39 is 5.79 Å². The van der Waals surface area contributed by atoms with Crippen molar-refractivity contribution < 1.29 is 13.9 Å². The second kappa shape index (κ2) is 4.73. The van der Waals surface area contributed by atoms with E-state index in [0.717, 1.165) is 0 Å². The Kier molecular flexibility index (Phi) is 3.31. The van der Waals surface area contributed by atoms with E-state index in [1.54, 1.807) is 30.6 Å². The fourth-order valence-electron chi connectivity index (χ4n) is 1.96. The van der Waals surface area contributed by atoms with E-state index in [2.05, 4.69) is 19.7 Å². The van der Waals surface area contributed by atoms with Gasteiger partial charge in [0.15, 0.2) is 5.76 Å². The summed E-state index contributed by atoms with van der Waals surface area (Å²) in [6.45, 7) is 11.2. The van der Waals surface area contributed by atoms with Crippen LogP contribution in [0.15, 0.2) is 60.8 Å². The van der Waals surface area contributed by atoms with Crippen LogP contribution in [0.2, 0.25) is 0 Å². The molecule has 17 heavy (non-hydrogen) atoms. The quantitative estimate of drug-likeness (QED) is 0.731. The Balaban J connectivity index is 2.34.